The maximum absolute atomic E-state index is 11.6. The molecule has 108 valence electrons. The molecule has 0 aromatic carbocycles. The van der Waals surface area contributed by atoms with Crippen LogP contribution < -0.4 is 10.6 Å². The number of carbonyl (C=O) groups is 1. The first kappa shape index (κ1) is 15.7. The van der Waals surface area contributed by atoms with Crippen LogP contribution in [0.1, 0.15) is 52.8 Å². The van der Waals surface area contributed by atoms with E-state index in [0.717, 1.165) is 12.2 Å². The van der Waals surface area contributed by atoms with E-state index in [9.17, 15) is 4.79 Å². The topological polar surface area (TPSA) is 59.0 Å². The van der Waals surface area contributed by atoms with Crippen LogP contribution in [0.5, 0.6) is 0 Å². The van der Waals surface area contributed by atoms with Crippen molar-refractivity contribution in [2.75, 3.05) is 6.54 Å². The summed E-state index contributed by atoms with van der Waals surface area (Å²) in [4.78, 5) is 15.8. The molecular formula is C14H26N4O. The third kappa shape index (κ3) is 5.87. The van der Waals surface area contributed by atoms with E-state index in [1.165, 1.54) is 0 Å². The van der Waals surface area contributed by atoms with E-state index < -0.39 is 0 Å². The van der Waals surface area contributed by atoms with Crippen molar-refractivity contribution in [1.82, 2.24) is 20.2 Å². The lowest BCUT2D eigenvalue weighted by Crippen LogP contribution is -2.41. The van der Waals surface area contributed by atoms with Gasteiger partial charge in [0, 0.05) is 37.3 Å². The Labute approximate surface area is 115 Å². The summed E-state index contributed by atoms with van der Waals surface area (Å²) in [7, 11) is 0. The van der Waals surface area contributed by atoms with E-state index in [0.29, 0.717) is 19.0 Å². The number of imidazole rings is 1. The Kier molecular flexibility index (Phi) is 5.54. The van der Waals surface area contributed by atoms with Gasteiger partial charge in [-0.1, -0.05) is 0 Å². The average Bonchev–Trinajstić information content (AvgIpc) is 2.70. The Balaban J connectivity index is 2.28. The number of hydrogen-bond donors (Lipinski definition) is 2. The number of carbonyl (C=O) groups excluding carboxylic acids is 1. The van der Waals surface area contributed by atoms with Crippen LogP contribution in [0.2, 0.25) is 0 Å². The van der Waals surface area contributed by atoms with Crippen molar-refractivity contribution in [1.29, 1.82) is 0 Å². The third-order valence-electron chi connectivity index (χ3n) is 2.65. The van der Waals surface area contributed by atoms with Gasteiger partial charge in [-0.15, -0.1) is 0 Å². The fraction of sp³-hybridized carbons (Fsp3) is 0.714. The maximum atomic E-state index is 11.6. The van der Waals surface area contributed by atoms with E-state index >= 15 is 0 Å². The SMILES string of the molecule is CC(C)n1cncc1CNCCC(=O)NC(C)(C)C. The average molecular weight is 266 g/mol. The van der Waals surface area contributed by atoms with Crippen LogP contribution in [0.15, 0.2) is 12.5 Å². The van der Waals surface area contributed by atoms with Gasteiger partial charge in [0.2, 0.25) is 5.91 Å². The molecule has 0 bridgehead atoms. The minimum Gasteiger partial charge on any atom is -0.351 e. The summed E-state index contributed by atoms with van der Waals surface area (Å²) < 4.78 is 2.13. The summed E-state index contributed by atoms with van der Waals surface area (Å²) >= 11 is 0. The second kappa shape index (κ2) is 6.70. The first-order chi connectivity index (χ1) is 8.79. The highest BCUT2D eigenvalue weighted by molar-refractivity contribution is 5.76. The molecule has 5 nitrogen and oxygen atoms in total. The molecule has 2 N–H and O–H groups in total. The van der Waals surface area contributed by atoms with Gasteiger partial charge in [0.25, 0.3) is 0 Å². The van der Waals surface area contributed by atoms with Gasteiger partial charge in [0.15, 0.2) is 0 Å². The molecule has 19 heavy (non-hydrogen) atoms. The van der Waals surface area contributed by atoms with Crippen molar-refractivity contribution < 1.29 is 4.79 Å². The Morgan fingerprint density at radius 2 is 2.11 bits per heavy atom. The molecule has 5 heteroatoms. The highest BCUT2D eigenvalue weighted by Gasteiger charge is 2.13. The fourth-order valence-electron chi connectivity index (χ4n) is 1.83. The van der Waals surface area contributed by atoms with Crippen LogP contribution in [-0.4, -0.2) is 27.5 Å². The zero-order valence-corrected chi connectivity index (χ0v) is 12.7. The molecule has 1 heterocycles. The summed E-state index contributed by atoms with van der Waals surface area (Å²) in [5.74, 6) is 0.0809. The van der Waals surface area contributed by atoms with Crippen LogP contribution in [0.4, 0.5) is 0 Å². The quantitative estimate of drug-likeness (QED) is 0.773. The molecule has 0 fully saturated rings. The summed E-state index contributed by atoms with van der Waals surface area (Å²) in [5.41, 5.74) is 0.985. The molecule has 0 saturated heterocycles. The molecule has 0 saturated carbocycles. The Morgan fingerprint density at radius 1 is 1.42 bits per heavy atom. The lowest BCUT2D eigenvalue weighted by molar-refractivity contribution is -0.122. The number of rotatable bonds is 6. The van der Waals surface area contributed by atoms with E-state index in [2.05, 4.69) is 34.0 Å². The molecule has 1 aromatic rings. The molecule has 1 aromatic heterocycles. The monoisotopic (exact) mass is 266 g/mol. The second-order valence-electron chi connectivity index (χ2n) is 6.11. The van der Waals surface area contributed by atoms with Crippen molar-refractivity contribution in [3.63, 3.8) is 0 Å². The van der Waals surface area contributed by atoms with Crippen LogP contribution in [0.3, 0.4) is 0 Å². The largest absolute Gasteiger partial charge is 0.351 e. The molecule has 1 rings (SSSR count). The Morgan fingerprint density at radius 3 is 2.68 bits per heavy atom. The highest BCUT2D eigenvalue weighted by atomic mass is 16.1. The van der Waals surface area contributed by atoms with Crippen molar-refractivity contribution in [2.45, 2.75) is 59.2 Å². The summed E-state index contributed by atoms with van der Waals surface area (Å²) in [6.45, 7) is 11.6. The maximum Gasteiger partial charge on any atom is 0.221 e. The fourth-order valence-corrected chi connectivity index (χ4v) is 1.83. The van der Waals surface area contributed by atoms with Crippen LogP contribution in [0, 0.1) is 0 Å². The summed E-state index contributed by atoms with van der Waals surface area (Å²) in [6, 6.07) is 0.406. The smallest absolute Gasteiger partial charge is 0.221 e. The number of aromatic nitrogens is 2. The third-order valence-corrected chi connectivity index (χ3v) is 2.65. The molecule has 1 amide bonds. The predicted molar refractivity (Wildman–Crippen MR) is 76.8 cm³/mol. The molecule has 0 atom stereocenters. The lowest BCUT2D eigenvalue weighted by Gasteiger charge is -2.20. The van der Waals surface area contributed by atoms with Gasteiger partial charge in [-0.2, -0.15) is 0 Å². The van der Waals surface area contributed by atoms with Crippen LogP contribution in [0.25, 0.3) is 0 Å². The highest BCUT2D eigenvalue weighted by Crippen LogP contribution is 2.08. The zero-order valence-electron chi connectivity index (χ0n) is 12.7. The van der Waals surface area contributed by atoms with Crippen molar-refractivity contribution in [2.24, 2.45) is 0 Å². The van der Waals surface area contributed by atoms with Gasteiger partial charge >= 0.3 is 0 Å². The van der Waals surface area contributed by atoms with Crippen LogP contribution >= 0.6 is 0 Å². The van der Waals surface area contributed by atoms with E-state index in [-0.39, 0.29) is 11.4 Å². The minimum absolute atomic E-state index is 0.0809. The Hall–Kier alpha value is -1.36. The number of amides is 1. The van der Waals surface area contributed by atoms with Crippen molar-refractivity contribution in [3.8, 4) is 0 Å². The summed E-state index contributed by atoms with van der Waals surface area (Å²) in [6.07, 6.45) is 4.20. The molecule has 0 unspecified atom stereocenters. The molecule has 0 aliphatic heterocycles. The Bertz CT molecular complexity index is 404. The number of nitrogens with zero attached hydrogens (tertiary/aromatic N) is 2. The first-order valence-electron chi connectivity index (χ1n) is 6.82. The van der Waals surface area contributed by atoms with E-state index in [1.54, 1.807) is 0 Å². The molecule has 0 aliphatic carbocycles. The van der Waals surface area contributed by atoms with Gasteiger partial charge in [-0.25, -0.2) is 4.98 Å². The number of nitrogens with one attached hydrogen (secondary N) is 2. The molecular weight excluding hydrogens is 240 g/mol. The van der Waals surface area contributed by atoms with Crippen LogP contribution in [-0.2, 0) is 11.3 Å². The van der Waals surface area contributed by atoms with Gasteiger partial charge < -0.3 is 15.2 Å². The standard InChI is InChI=1S/C14H26N4O/c1-11(2)18-10-16-9-12(18)8-15-7-6-13(19)17-14(3,4)5/h9-11,15H,6-8H2,1-5H3,(H,17,19). The second-order valence-corrected chi connectivity index (χ2v) is 6.11. The lowest BCUT2D eigenvalue weighted by atomic mass is 10.1. The van der Waals surface area contributed by atoms with E-state index in [1.807, 2.05) is 33.3 Å². The zero-order chi connectivity index (χ0) is 14.5. The van der Waals surface area contributed by atoms with Crippen molar-refractivity contribution >= 4 is 5.91 Å². The molecule has 0 aliphatic rings. The van der Waals surface area contributed by atoms with Gasteiger partial charge in [-0.3, -0.25) is 4.79 Å². The molecule has 0 spiro atoms. The van der Waals surface area contributed by atoms with Gasteiger partial charge in [-0.05, 0) is 34.6 Å². The molecule has 0 radical (unpaired) electrons. The number of hydrogen-bond acceptors (Lipinski definition) is 3. The van der Waals surface area contributed by atoms with E-state index in [4.69, 9.17) is 0 Å². The van der Waals surface area contributed by atoms with Crippen molar-refractivity contribution in [3.05, 3.63) is 18.2 Å². The van der Waals surface area contributed by atoms with Gasteiger partial charge in [0.1, 0.15) is 0 Å². The predicted octanol–water partition coefficient (Wildman–Crippen LogP) is 1.86. The normalized spacial score (nSPS) is 11.9. The minimum atomic E-state index is -0.159. The summed E-state index contributed by atoms with van der Waals surface area (Å²) in [5, 5.41) is 6.22. The van der Waals surface area contributed by atoms with Gasteiger partial charge in [0.05, 0.1) is 12.0 Å². The first-order valence-corrected chi connectivity index (χ1v) is 6.82.